The molecule has 8 nitrogen and oxygen atoms in total. The number of carbonyl (C=O) groups is 3. The Balaban J connectivity index is 1.44. The molecule has 0 radical (unpaired) electrons. The minimum Gasteiger partial charge on any atom is -0.321 e. The molecule has 3 amide bonds. The number of rotatable bonds is 7. The van der Waals surface area contributed by atoms with E-state index in [1.54, 1.807) is 60.5 Å². The number of likely N-dealkylation sites (N-methyl/N-ethyl adjacent to an activating group) is 1. The number of halogens is 2. The van der Waals surface area contributed by atoms with E-state index in [4.69, 9.17) is 23.2 Å². The molecule has 1 aliphatic rings. The van der Waals surface area contributed by atoms with E-state index in [2.05, 4.69) is 20.5 Å². The van der Waals surface area contributed by atoms with Crippen LogP contribution in [0.25, 0.3) is 0 Å². The normalized spacial score (nSPS) is 13.3. The SMILES string of the molecule is CN(C(=O)CN1CCCC1)c1ccc(C(=O)Nc2ccc(Cl)cc2C(=O)Nc2ccc(Cl)cn2)cc1. The van der Waals surface area contributed by atoms with Crippen molar-refractivity contribution in [3.8, 4) is 0 Å². The van der Waals surface area contributed by atoms with Crippen molar-refractivity contribution in [2.45, 2.75) is 12.8 Å². The van der Waals surface area contributed by atoms with Crippen LogP contribution in [0.4, 0.5) is 17.2 Å². The molecule has 0 saturated carbocycles. The Morgan fingerprint density at radius 2 is 1.61 bits per heavy atom. The summed E-state index contributed by atoms with van der Waals surface area (Å²) < 4.78 is 0. The van der Waals surface area contributed by atoms with Gasteiger partial charge in [0.1, 0.15) is 5.82 Å². The van der Waals surface area contributed by atoms with E-state index < -0.39 is 11.8 Å². The highest BCUT2D eigenvalue weighted by molar-refractivity contribution is 6.31. The van der Waals surface area contributed by atoms with Crippen molar-refractivity contribution in [1.82, 2.24) is 9.88 Å². The second-order valence-corrected chi connectivity index (χ2v) is 9.32. The minimum absolute atomic E-state index is 0.00102. The Bertz CT molecular complexity index is 1260. The molecule has 0 bridgehead atoms. The highest BCUT2D eigenvalue weighted by Crippen LogP contribution is 2.24. The first kappa shape index (κ1) is 25.6. The van der Waals surface area contributed by atoms with Crippen LogP contribution in [0, 0.1) is 0 Å². The van der Waals surface area contributed by atoms with Crippen LogP contribution in [0.3, 0.4) is 0 Å². The molecule has 2 aromatic carbocycles. The lowest BCUT2D eigenvalue weighted by Crippen LogP contribution is -2.37. The number of pyridine rings is 1. The van der Waals surface area contributed by atoms with Crippen molar-refractivity contribution >= 4 is 58.1 Å². The van der Waals surface area contributed by atoms with Gasteiger partial charge in [-0.2, -0.15) is 0 Å². The van der Waals surface area contributed by atoms with Gasteiger partial charge in [-0.3, -0.25) is 19.3 Å². The number of amides is 3. The molecule has 10 heteroatoms. The maximum absolute atomic E-state index is 12.9. The van der Waals surface area contributed by atoms with Crippen LogP contribution in [-0.4, -0.2) is 54.3 Å². The predicted octanol–water partition coefficient (Wildman–Crippen LogP) is 4.95. The molecule has 1 saturated heterocycles. The molecule has 3 aromatic rings. The number of nitrogens with one attached hydrogen (secondary N) is 2. The third kappa shape index (κ3) is 6.40. The first-order valence-corrected chi connectivity index (χ1v) is 12.2. The average molecular weight is 526 g/mol. The quantitative estimate of drug-likeness (QED) is 0.454. The van der Waals surface area contributed by atoms with Gasteiger partial charge in [0, 0.05) is 29.5 Å². The maximum atomic E-state index is 12.9. The fourth-order valence-corrected chi connectivity index (χ4v) is 4.14. The van der Waals surface area contributed by atoms with Gasteiger partial charge in [0.25, 0.3) is 11.8 Å². The molecule has 36 heavy (non-hydrogen) atoms. The van der Waals surface area contributed by atoms with E-state index in [1.807, 2.05) is 0 Å². The lowest BCUT2D eigenvalue weighted by Gasteiger charge is -2.21. The van der Waals surface area contributed by atoms with Gasteiger partial charge in [-0.15, -0.1) is 0 Å². The summed E-state index contributed by atoms with van der Waals surface area (Å²) in [7, 11) is 1.72. The van der Waals surface area contributed by atoms with Gasteiger partial charge in [-0.1, -0.05) is 23.2 Å². The molecular weight excluding hydrogens is 501 g/mol. The number of nitrogens with zero attached hydrogens (tertiary/aromatic N) is 3. The molecule has 1 aliphatic heterocycles. The fourth-order valence-electron chi connectivity index (χ4n) is 3.86. The van der Waals surface area contributed by atoms with Crippen molar-refractivity contribution in [1.29, 1.82) is 0 Å². The van der Waals surface area contributed by atoms with Gasteiger partial charge >= 0.3 is 0 Å². The van der Waals surface area contributed by atoms with Gasteiger partial charge in [0.15, 0.2) is 0 Å². The first-order valence-electron chi connectivity index (χ1n) is 11.4. The summed E-state index contributed by atoms with van der Waals surface area (Å²) in [6.45, 7) is 2.27. The standard InChI is InChI=1S/C26H25Cl2N5O3/c1-32(24(34)16-33-12-2-3-13-33)20-8-4-17(5-9-20)25(35)30-22-10-6-18(27)14-21(22)26(36)31-23-11-7-19(28)15-29-23/h4-11,14-15H,2-3,12-13,16H2,1H3,(H,30,35)(H,29,31,36). The maximum Gasteiger partial charge on any atom is 0.258 e. The molecule has 2 heterocycles. The van der Waals surface area contributed by atoms with Crippen molar-refractivity contribution in [2.75, 3.05) is 42.2 Å². The van der Waals surface area contributed by atoms with Gasteiger partial charge in [-0.25, -0.2) is 4.98 Å². The Labute approximate surface area is 219 Å². The number of benzene rings is 2. The lowest BCUT2D eigenvalue weighted by atomic mass is 10.1. The lowest BCUT2D eigenvalue weighted by molar-refractivity contribution is -0.119. The van der Waals surface area contributed by atoms with Gasteiger partial charge in [0.2, 0.25) is 5.91 Å². The number of hydrogen-bond donors (Lipinski definition) is 2. The molecule has 0 unspecified atom stereocenters. The molecular formula is C26H25Cl2N5O3. The summed E-state index contributed by atoms with van der Waals surface area (Å²) in [5, 5.41) is 6.21. The zero-order valence-electron chi connectivity index (χ0n) is 19.6. The fraction of sp³-hybridized carbons (Fsp3) is 0.231. The summed E-state index contributed by atoms with van der Waals surface area (Å²) >= 11 is 11.9. The molecule has 4 rings (SSSR count). The Hall–Kier alpha value is -3.46. The number of likely N-dealkylation sites (tertiary alicyclic amines) is 1. The summed E-state index contributed by atoms with van der Waals surface area (Å²) in [5.74, 6) is -0.591. The Morgan fingerprint density at radius 1 is 0.917 bits per heavy atom. The summed E-state index contributed by atoms with van der Waals surface area (Å²) in [5.41, 5.74) is 1.53. The number of carbonyl (C=O) groups excluding carboxylic acids is 3. The number of anilines is 3. The van der Waals surface area contributed by atoms with Crippen LogP contribution in [0.2, 0.25) is 10.0 Å². The van der Waals surface area contributed by atoms with Crippen LogP contribution in [0.1, 0.15) is 33.6 Å². The van der Waals surface area contributed by atoms with E-state index >= 15 is 0 Å². The average Bonchev–Trinajstić information content (AvgIpc) is 3.39. The van der Waals surface area contributed by atoms with Crippen LogP contribution >= 0.6 is 23.2 Å². The van der Waals surface area contributed by atoms with E-state index in [0.29, 0.717) is 33.7 Å². The molecule has 2 N–H and O–H groups in total. The third-order valence-corrected chi connectivity index (χ3v) is 6.35. The molecule has 0 atom stereocenters. The van der Waals surface area contributed by atoms with Gasteiger partial charge < -0.3 is 15.5 Å². The number of hydrogen-bond acceptors (Lipinski definition) is 5. The number of aromatic nitrogens is 1. The van der Waals surface area contributed by atoms with E-state index in [1.165, 1.54) is 12.3 Å². The predicted molar refractivity (Wildman–Crippen MR) is 142 cm³/mol. The Morgan fingerprint density at radius 3 is 2.28 bits per heavy atom. The largest absolute Gasteiger partial charge is 0.321 e. The Kier molecular flexibility index (Phi) is 8.20. The minimum atomic E-state index is -0.490. The van der Waals surface area contributed by atoms with E-state index in [-0.39, 0.29) is 17.2 Å². The second kappa shape index (κ2) is 11.5. The molecule has 1 fully saturated rings. The van der Waals surface area contributed by atoms with Crippen molar-refractivity contribution in [3.05, 3.63) is 82.0 Å². The smallest absolute Gasteiger partial charge is 0.258 e. The highest BCUT2D eigenvalue weighted by Gasteiger charge is 2.20. The molecule has 186 valence electrons. The third-order valence-electron chi connectivity index (χ3n) is 5.89. The summed E-state index contributed by atoms with van der Waals surface area (Å²) in [6, 6.07) is 14.5. The van der Waals surface area contributed by atoms with Gasteiger partial charge in [0.05, 0.1) is 22.8 Å². The van der Waals surface area contributed by atoms with Crippen LogP contribution in [0.5, 0.6) is 0 Å². The highest BCUT2D eigenvalue weighted by atomic mass is 35.5. The molecule has 0 aliphatic carbocycles. The van der Waals surface area contributed by atoms with Crippen LogP contribution in [-0.2, 0) is 4.79 Å². The monoisotopic (exact) mass is 525 g/mol. The van der Waals surface area contributed by atoms with E-state index in [9.17, 15) is 14.4 Å². The molecule has 1 aromatic heterocycles. The van der Waals surface area contributed by atoms with Crippen LogP contribution < -0.4 is 15.5 Å². The zero-order valence-corrected chi connectivity index (χ0v) is 21.1. The van der Waals surface area contributed by atoms with E-state index in [0.717, 1.165) is 25.9 Å². The summed E-state index contributed by atoms with van der Waals surface area (Å²) in [4.78, 5) is 46.2. The van der Waals surface area contributed by atoms with Crippen molar-refractivity contribution in [2.24, 2.45) is 0 Å². The zero-order chi connectivity index (χ0) is 25.7. The molecule has 0 spiro atoms. The first-order chi connectivity index (χ1) is 17.3. The van der Waals surface area contributed by atoms with Crippen LogP contribution in [0.15, 0.2) is 60.8 Å². The van der Waals surface area contributed by atoms with Crippen molar-refractivity contribution < 1.29 is 14.4 Å². The van der Waals surface area contributed by atoms with Crippen molar-refractivity contribution in [3.63, 3.8) is 0 Å². The summed E-state index contributed by atoms with van der Waals surface area (Å²) in [6.07, 6.45) is 3.66. The van der Waals surface area contributed by atoms with Gasteiger partial charge in [-0.05, 0) is 80.5 Å². The second-order valence-electron chi connectivity index (χ2n) is 8.44. The topological polar surface area (TPSA) is 94.6 Å².